The summed E-state index contributed by atoms with van der Waals surface area (Å²) in [5, 5.41) is 13.2. The van der Waals surface area contributed by atoms with Gasteiger partial charge < -0.3 is 10.4 Å². The second-order valence-electron chi connectivity index (χ2n) is 4.29. The van der Waals surface area contributed by atoms with Crippen molar-refractivity contribution in [1.29, 1.82) is 0 Å². The number of rotatable bonds is 4. The maximum atomic E-state index is 13.5. The number of benzene rings is 2. The lowest BCUT2D eigenvalue weighted by atomic mass is 10.1. The van der Waals surface area contributed by atoms with Gasteiger partial charge in [0.2, 0.25) is 0 Å². The van der Waals surface area contributed by atoms with Crippen molar-refractivity contribution in [2.75, 3.05) is 11.9 Å². The standard InChI is InChI=1S/C14H10Cl2F3NO/c15-7-1-2-9(16)8(5-7)12(21)6-20-11-4-3-10(17)13(18)14(11)19/h1-5,12,20-21H,6H2. The molecule has 1 atom stereocenters. The maximum Gasteiger partial charge on any atom is 0.196 e. The van der Waals surface area contributed by atoms with E-state index in [-0.39, 0.29) is 12.2 Å². The predicted octanol–water partition coefficient (Wildman–Crippen LogP) is 4.56. The van der Waals surface area contributed by atoms with Gasteiger partial charge in [-0.1, -0.05) is 23.2 Å². The van der Waals surface area contributed by atoms with Crippen LogP contribution in [0.2, 0.25) is 10.0 Å². The van der Waals surface area contributed by atoms with E-state index in [0.29, 0.717) is 15.6 Å². The zero-order valence-electron chi connectivity index (χ0n) is 10.5. The molecule has 0 aliphatic carbocycles. The quantitative estimate of drug-likeness (QED) is 0.803. The van der Waals surface area contributed by atoms with Gasteiger partial charge in [-0.3, -0.25) is 0 Å². The number of hydrogen-bond acceptors (Lipinski definition) is 2. The van der Waals surface area contributed by atoms with E-state index in [9.17, 15) is 18.3 Å². The Bertz CT molecular complexity index is 667. The Kier molecular flexibility index (Phi) is 4.98. The molecule has 0 aromatic heterocycles. The van der Waals surface area contributed by atoms with E-state index in [1.807, 2.05) is 0 Å². The Hall–Kier alpha value is -1.43. The summed E-state index contributed by atoms with van der Waals surface area (Å²) in [7, 11) is 0. The molecule has 0 heterocycles. The van der Waals surface area contributed by atoms with Crippen LogP contribution < -0.4 is 5.32 Å². The highest BCUT2D eigenvalue weighted by Crippen LogP contribution is 2.27. The summed E-state index contributed by atoms with van der Waals surface area (Å²) >= 11 is 11.7. The van der Waals surface area contributed by atoms with Crippen molar-refractivity contribution >= 4 is 28.9 Å². The molecule has 0 saturated heterocycles. The molecule has 0 bridgehead atoms. The third kappa shape index (κ3) is 3.61. The molecule has 2 rings (SSSR count). The van der Waals surface area contributed by atoms with E-state index >= 15 is 0 Å². The van der Waals surface area contributed by atoms with Crippen LogP contribution >= 0.6 is 23.2 Å². The van der Waals surface area contributed by atoms with Gasteiger partial charge in [-0.25, -0.2) is 13.2 Å². The number of halogens is 5. The van der Waals surface area contributed by atoms with E-state index in [0.717, 1.165) is 12.1 Å². The molecule has 112 valence electrons. The Morgan fingerprint density at radius 3 is 2.48 bits per heavy atom. The molecule has 0 aliphatic heterocycles. The Morgan fingerprint density at radius 1 is 1.05 bits per heavy atom. The highest BCUT2D eigenvalue weighted by atomic mass is 35.5. The average molecular weight is 336 g/mol. The minimum atomic E-state index is -1.57. The van der Waals surface area contributed by atoms with E-state index < -0.39 is 23.6 Å². The molecular weight excluding hydrogens is 326 g/mol. The van der Waals surface area contributed by atoms with Gasteiger partial charge in [0.15, 0.2) is 17.5 Å². The lowest BCUT2D eigenvalue weighted by molar-refractivity contribution is 0.191. The van der Waals surface area contributed by atoms with Crippen LogP contribution in [-0.2, 0) is 0 Å². The molecule has 7 heteroatoms. The van der Waals surface area contributed by atoms with Gasteiger partial charge in [-0.2, -0.15) is 0 Å². The van der Waals surface area contributed by atoms with Gasteiger partial charge in [0.05, 0.1) is 11.8 Å². The number of hydrogen-bond donors (Lipinski definition) is 2. The third-order valence-electron chi connectivity index (χ3n) is 2.84. The maximum absolute atomic E-state index is 13.5. The first-order chi connectivity index (χ1) is 9.90. The fourth-order valence-electron chi connectivity index (χ4n) is 1.75. The lowest BCUT2D eigenvalue weighted by Gasteiger charge is -2.15. The van der Waals surface area contributed by atoms with Crippen molar-refractivity contribution in [3.63, 3.8) is 0 Å². The fraction of sp³-hybridized carbons (Fsp3) is 0.143. The number of anilines is 1. The fourth-order valence-corrected chi connectivity index (χ4v) is 2.17. The van der Waals surface area contributed by atoms with Gasteiger partial charge in [-0.15, -0.1) is 0 Å². The number of nitrogens with one attached hydrogen (secondary N) is 1. The smallest absolute Gasteiger partial charge is 0.196 e. The minimum Gasteiger partial charge on any atom is -0.387 e. The van der Waals surface area contributed by atoms with Crippen LogP contribution in [0.25, 0.3) is 0 Å². The molecule has 2 nitrogen and oxygen atoms in total. The first kappa shape index (κ1) is 15.9. The van der Waals surface area contributed by atoms with E-state index in [1.165, 1.54) is 12.1 Å². The van der Waals surface area contributed by atoms with Crippen molar-refractivity contribution < 1.29 is 18.3 Å². The molecular formula is C14H10Cl2F3NO. The van der Waals surface area contributed by atoms with Gasteiger partial charge in [0.1, 0.15) is 0 Å². The van der Waals surface area contributed by atoms with Crippen LogP contribution in [0.1, 0.15) is 11.7 Å². The van der Waals surface area contributed by atoms with Crippen molar-refractivity contribution in [1.82, 2.24) is 0 Å². The topological polar surface area (TPSA) is 32.3 Å². The third-order valence-corrected chi connectivity index (χ3v) is 3.42. The Morgan fingerprint density at radius 2 is 1.76 bits per heavy atom. The zero-order valence-corrected chi connectivity index (χ0v) is 12.0. The van der Waals surface area contributed by atoms with E-state index in [1.54, 1.807) is 6.07 Å². The van der Waals surface area contributed by atoms with Crippen LogP contribution in [-0.4, -0.2) is 11.7 Å². The molecule has 0 saturated carbocycles. The summed E-state index contributed by atoms with van der Waals surface area (Å²) in [5.74, 6) is -4.20. The number of aliphatic hydroxyl groups excluding tert-OH is 1. The highest BCUT2D eigenvalue weighted by Gasteiger charge is 2.16. The Balaban J connectivity index is 2.13. The molecule has 0 fully saturated rings. The second kappa shape index (κ2) is 6.56. The predicted molar refractivity (Wildman–Crippen MR) is 76.2 cm³/mol. The molecule has 21 heavy (non-hydrogen) atoms. The molecule has 0 radical (unpaired) electrons. The SMILES string of the molecule is OC(CNc1ccc(F)c(F)c1F)c1cc(Cl)ccc1Cl. The van der Waals surface area contributed by atoms with Gasteiger partial charge in [0, 0.05) is 22.2 Å². The molecule has 0 amide bonds. The van der Waals surface area contributed by atoms with Crippen molar-refractivity contribution in [3.05, 3.63) is 63.4 Å². The van der Waals surface area contributed by atoms with Crippen LogP contribution in [0.3, 0.4) is 0 Å². The second-order valence-corrected chi connectivity index (χ2v) is 5.13. The summed E-state index contributed by atoms with van der Waals surface area (Å²) < 4.78 is 39.3. The minimum absolute atomic E-state index is 0.151. The van der Waals surface area contributed by atoms with Crippen LogP contribution in [0.5, 0.6) is 0 Å². The largest absolute Gasteiger partial charge is 0.387 e. The molecule has 2 aromatic carbocycles. The zero-order chi connectivity index (χ0) is 15.6. The average Bonchev–Trinajstić information content (AvgIpc) is 2.46. The number of aliphatic hydroxyl groups is 1. The molecule has 2 aromatic rings. The first-order valence-corrected chi connectivity index (χ1v) is 6.66. The van der Waals surface area contributed by atoms with Crippen molar-refractivity contribution in [3.8, 4) is 0 Å². The highest BCUT2D eigenvalue weighted by molar-refractivity contribution is 6.33. The van der Waals surface area contributed by atoms with Crippen LogP contribution in [0.4, 0.5) is 18.9 Å². The molecule has 2 N–H and O–H groups in total. The van der Waals surface area contributed by atoms with Crippen LogP contribution in [0, 0.1) is 17.5 Å². The molecule has 0 aliphatic rings. The van der Waals surface area contributed by atoms with Gasteiger partial charge in [-0.05, 0) is 30.3 Å². The lowest BCUT2D eigenvalue weighted by Crippen LogP contribution is -2.14. The first-order valence-electron chi connectivity index (χ1n) is 5.90. The summed E-state index contributed by atoms with van der Waals surface area (Å²) in [5.41, 5.74) is 0.0887. The summed E-state index contributed by atoms with van der Waals surface area (Å²) in [6.45, 7) is -0.151. The van der Waals surface area contributed by atoms with E-state index in [4.69, 9.17) is 23.2 Å². The van der Waals surface area contributed by atoms with Crippen molar-refractivity contribution in [2.24, 2.45) is 0 Å². The molecule has 1 unspecified atom stereocenters. The van der Waals surface area contributed by atoms with Gasteiger partial charge in [0.25, 0.3) is 0 Å². The summed E-state index contributed by atoms with van der Waals surface area (Å²) in [4.78, 5) is 0. The molecule has 0 spiro atoms. The monoisotopic (exact) mass is 335 g/mol. The van der Waals surface area contributed by atoms with Crippen molar-refractivity contribution in [2.45, 2.75) is 6.10 Å². The summed E-state index contributed by atoms with van der Waals surface area (Å²) in [6, 6.07) is 6.38. The van der Waals surface area contributed by atoms with Crippen LogP contribution in [0.15, 0.2) is 30.3 Å². The van der Waals surface area contributed by atoms with Gasteiger partial charge >= 0.3 is 0 Å². The normalized spacial score (nSPS) is 12.3. The van der Waals surface area contributed by atoms with E-state index in [2.05, 4.69) is 5.32 Å². The Labute approximate surface area is 129 Å². The summed E-state index contributed by atoms with van der Waals surface area (Å²) in [6.07, 6.45) is -1.09.